The molecule has 1 unspecified atom stereocenters. The first kappa shape index (κ1) is 22.7. The molecule has 4 aromatic rings. The van der Waals surface area contributed by atoms with Crippen LogP contribution < -0.4 is 10.6 Å². The molecular formula is C28H26FN3O3. The van der Waals surface area contributed by atoms with Gasteiger partial charge in [0.15, 0.2) is 0 Å². The summed E-state index contributed by atoms with van der Waals surface area (Å²) in [6.07, 6.45) is 2.88. The monoisotopic (exact) mass is 471 g/mol. The van der Waals surface area contributed by atoms with Crippen molar-refractivity contribution in [3.63, 3.8) is 0 Å². The van der Waals surface area contributed by atoms with E-state index in [-0.39, 0.29) is 24.8 Å². The van der Waals surface area contributed by atoms with E-state index in [0.29, 0.717) is 5.39 Å². The predicted molar refractivity (Wildman–Crippen MR) is 131 cm³/mol. The van der Waals surface area contributed by atoms with Crippen LogP contribution in [0.2, 0.25) is 0 Å². The van der Waals surface area contributed by atoms with Crippen molar-refractivity contribution >= 4 is 22.9 Å². The van der Waals surface area contributed by atoms with Gasteiger partial charge in [-0.05, 0) is 47.7 Å². The molecule has 7 heteroatoms. The average Bonchev–Trinajstić information content (AvgIpc) is 3.56. The second-order valence-corrected chi connectivity index (χ2v) is 8.90. The van der Waals surface area contributed by atoms with E-state index >= 15 is 0 Å². The average molecular weight is 472 g/mol. The Bertz CT molecular complexity index is 1330. The number of carbonyl (C=O) groups excluding carboxylic acids is 2. The number of benzene rings is 3. The maximum atomic E-state index is 13.9. The molecule has 0 saturated heterocycles. The van der Waals surface area contributed by atoms with Crippen LogP contribution in [0, 0.1) is 5.82 Å². The van der Waals surface area contributed by atoms with Crippen molar-refractivity contribution in [1.82, 2.24) is 15.6 Å². The summed E-state index contributed by atoms with van der Waals surface area (Å²) in [4.78, 5) is 29.2. The molecule has 0 spiro atoms. The highest BCUT2D eigenvalue weighted by Gasteiger charge is 2.46. The Kier molecular flexibility index (Phi) is 6.23. The number of alkyl carbamates (subject to hydrolysis) is 1. The van der Waals surface area contributed by atoms with Gasteiger partial charge in [-0.1, -0.05) is 60.7 Å². The summed E-state index contributed by atoms with van der Waals surface area (Å²) < 4.78 is 19.3. The predicted octanol–water partition coefficient (Wildman–Crippen LogP) is 4.95. The Hall–Kier alpha value is -4.13. The molecule has 6 nitrogen and oxygen atoms in total. The lowest BCUT2D eigenvalue weighted by atomic mass is 10.0. The Labute approximate surface area is 202 Å². The van der Waals surface area contributed by atoms with Gasteiger partial charge in [0, 0.05) is 23.5 Å². The zero-order chi connectivity index (χ0) is 24.3. The number of fused-ring (bicyclic) bond motifs is 1. The fraction of sp³-hybridized carbons (Fsp3) is 0.214. The van der Waals surface area contributed by atoms with Gasteiger partial charge in [0.25, 0.3) is 0 Å². The van der Waals surface area contributed by atoms with Gasteiger partial charge in [-0.2, -0.15) is 0 Å². The maximum absolute atomic E-state index is 13.9. The lowest BCUT2D eigenvalue weighted by molar-refractivity contribution is -0.124. The van der Waals surface area contributed by atoms with Gasteiger partial charge in [-0.25, -0.2) is 9.18 Å². The summed E-state index contributed by atoms with van der Waals surface area (Å²) in [6.45, 7) is 0.0905. The Morgan fingerprint density at radius 1 is 1.00 bits per heavy atom. The SMILES string of the molecule is O=C(NC(Cc1c[nH]c2ccc(F)cc12)C(=O)NC1(c2ccccc2)CC1)OCc1ccccc1. The van der Waals surface area contributed by atoms with E-state index in [9.17, 15) is 14.0 Å². The van der Waals surface area contributed by atoms with Gasteiger partial charge in [0.05, 0.1) is 5.54 Å². The zero-order valence-corrected chi connectivity index (χ0v) is 19.1. The molecule has 1 saturated carbocycles. The lowest BCUT2D eigenvalue weighted by Crippen LogP contribution is -2.50. The van der Waals surface area contributed by atoms with Crippen LogP contribution in [0.4, 0.5) is 9.18 Å². The van der Waals surface area contributed by atoms with E-state index in [1.54, 1.807) is 12.3 Å². The number of aromatic nitrogens is 1. The zero-order valence-electron chi connectivity index (χ0n) is 19.1. The van der Waals surface area contributed by atoms with Gasteiger partial charge in [0.2, 0.25) is 5.91 Å². The first-order valence-corrected chi connectivity index (χ1v) is 11.6. The summed E-state index contributed by atoms with van der Waals surface area (Å²) in [5.41, 5.74) is 2.94. The molecule has 35 heavy (non-hydrogen) atoms. The molecule has 1 atom stereocenters. The quantitative estimate of drug-likeness (QED) is 0.340. The second-order valence-electron chi connectivity index (χ2n) is 8.90. The smallest absolute Gasteiger partial charge is 0.408 e. The topological polar surface area (TPSA) is 83.2 Å². The number of aromatic amines is 1. The van der Waals surface area contributed by atoms with Crippen molar-refractivity contribution in [3.8, 4) is 0 Å². The first-order valence-electron chi connectivity index (χ1n) is 11.6. The normalized spacial score (nSPS) is 14.8. The van der Waals surface area contributed by atoms with Gasteiger partial charge in [-0.15, -0.1) is 0 Å². The minimum absolute atomic E-state index is 0.0905. The highest BCUT2D eigenvalue weighted by atomic mass is 19.1. The largest absolute Gasteiger partial charge is 0.445 e. The molecule has 3 N–H and O–H groups in total. The van der Waals surface area contributed by atoms with Crippen LogP contribution in [0.25, 0.3) is 10.9 Å². The molecule has 5 rings (SSSR count). The molecule has 1 aromatic heterocycles. The minimum Gasteiger partial charge on any atom is -0.445 e. The number of nitrogens with one attached hydrogen (secondary N) is 3. The maximum Gasteiger partial charge on any atom is 0.408 e. The van der Waals surface area contributed by atoms with E-state index in [0.717, 1.165) is 35.0 Å². The number of H-pyrrole nitrogens is 1. The third-order valence-corrected chi connectivity index (χ3v) is 6.41. The molecule has 0 radical (unpaired) electrons. The number of hydrogen-bond donors (Lipinski definition) is 3. The van der Waals surface area contributed by atoms with Crippen molar-refractivity contribution in [2.75, 3.05) is 0 Å². The third kappa shape index (κ3) is 5.19. The number of rotatable bonds is 8. The highest BCUT2D eigenvalue weighted by Crippen LogP contribution is 2.45. The number of ether oxygens (including phenoxy) is 1. The first-order chi connectivity index (χ1) is 17.0. The fourth-order valence-corrected chi connectivity index (χ4v) is 4.35. The van der Waals surface area contributed by atoms with E-state index in [4.69, 9.17) is 4.74 Å². The fourth-order valence-electron chi connectivity index (χ4n) is 4.35. The molecule has 0 aliphatic heterocycles. The Morgan fingerprint density at radius 3 is 2.43 bits per heavy atom. The van der Waals surface area contributed by atoms with Gasteiger partial charge >= 0.3 is 6.09 Å². The number of amides is 2. The van der Waals surface area contributed by atoms with E-state index in [1.807, 2.05) is 60.7 Å². The van der Waals surface area contributed by atoms with Crippen LogP contribution in [-0.4, -0.2) is 23.0 Å². The van der Waals surface area contributed by atoms with Crippen molar-refractivity contribution in [2.45, 2.75) is 37.5 Å². The van der Waals surface area contributed by atoms with E-state index in [1.165, 1.54) is 12.1 Å². The van der Waals surface area contributed by atoms with Gasteiger partial charge in [0.1, 0.15) is 18.5 Å². The van der Waals surface area contributed by atoms with Crippen LogP contribution in [0.5, 0.6) is 0 Å². The Balaban J connectivity index is 1.34. The summed E-state index contributed by atoms with van der Waals surface area (Å²) in [6, 6.07) is 22.7. The molecule has 0 bridgehead atoms. The molecule has 1 heterocycles. The number of hydrogen-bond acceptors (Lipinski definition) is 3. The van der Waals surface area contributed by atoms with Crippen molar-refractivity contribution in [1.29, 1.82) is 0 Å². The summed E-state index contributed by atoms with van der Waals surface area (Å²) >= 11 is 0. The standard InChI is InChI=1S/C28H26FN3O3/c29-22-11-12-24-23(16-22)20(17-30-24)15-25(31-27(34)35-18-19-7-3-1-4-8-19)26(33)32-28(13-14-28)21-9-5-2-6-10-21/h1-12,16-17,25,30H,13-15,18H2,(H,31,34)(H,32,33). The molecule has 178 valence electrons. The number of halogens is 1. The summed E-state index contributed by atoms with van der Waals surface area (Å²) in [5.74, 6) is -0.677. The number of carbonyl (C=O) groups is 2. The van der Waals surface area contributed by atoms with Crippen molar-refractivity contribution < 1.29 is 18.7 Å². The van der Waals surface area contributed by atoms with E-state index in [2.05, 4.69) is 15.6 Å². The summed E-state index contributed by atoms with van der Waals surface area (Å²) in [7, 11) is 0. The highest BCUT2D eigenvalue weighted by molar-refractivity contribution is 5.89. The van der Waals surface area contributed by atoms with Crippen LogP contribution in [0.3, 0.4) is 0 Å². The molecular weight excluding hydrogens is 445 g/mol. The van der Waals surface area contributed by atoms with Crippen molar-refractivity contribution in [2.24, 2.45) is 0 Å². The van der Waals surface area contributed by atoms with Gasteiger partial charge < -0.3 is 20.4 Å². The second kappa shape index (κ2) is 9.62. The Morgan fingerprint density at radius 2 is 1.71 bits per heavy atom. The van der Waals surface area contributed by atoms with E-state index < -0.39 is 17.7 Å². The van der Waals surface area contributed by atoms with Crippen LogP contribution in [-0.2, 0) is 28.1 Å². The van der Waals surface area contributed by atoms with Crippen LogP contribution in [0.15, 0.2) is 85.1 Å². The molecule has 1 aliphatic carbocycles. The minimum atomic E-state index is -0.901. The summed E-state index contributed by atoms with van der Waals surface area (Å²) in [5, 5.41) is 6.54. The van der Waals surface area contributed by atoms with Gasteiger partial charge in [-0.3, -0.25) is 4.79 Å². The van der Waals surface area contributed by atoms with Crippen LogP contribution in [0.1, 0.15) is 29.5 Å². The molecule has 1 aliphatic rings. The van der Waals surface area contributed by atoms with Crippen molar-refractivity contribution in [3.05, 3.63) is 108 Å². The molecule has 1 fully saturated rings. The molecule has 3 aromatic carbocycles. The third-order valence-electron chi connectivity index (χ3n) is 6.41. The lowest BCUT2D eigenvalue weighted by Gasteiger charge is -2.23. The molecule has 2 amide bonds. The van der Waals surface area contributed by atoms with Crippen LogP contribution >= 0.6 is 0 Å².